The van der Waals surface area contributed by atoms with E-state index >= 15 is 0 Å². The number of nitrogens with zero attached hydrogens (tertiary/aromatic N) is 2. The number of aryl methyl sites for hydroxylation is 4. The molecule has 1 amide bonds. The number of sulfonamides is 1. The molecule has 0 aliphatic carbocycles. The molecule has 0 radical (unpaired) electrons. The molecule has 2 aromatic heterocycles. The number of nitrogens with one attached hydrogen (secondary N) is 1. The first-order valence-corrected chi connectivity index (χ1v) is 13.1. The van der Waals surface area contributed by atoms with Crippen LogP contribution in [0.25, 0.3) is 11.3 Å². The molecule has 0 spiro atoms. The number of carbonyl (C=O) groups excluding carboxylic acids is 1. The summed E-state index contributed by atoms with van der Waals surface area (Å²) in [6.07, 6.45) is 0. The zero-order valence-corrected chi connectivity index (χ0v) is 22.3. The highest BCUT2D eigenvalue weighted by Crippen LogP contribution is 2.33. The monoisotopic (exact) mass is 539 g/mol. The van der Waals surface area contributed by atoms with E-state index in [1.54, 1.807) is 19.1 Å². The van der Waals surface area contributed by atoms with Crippen molar-refractivity contribution < 1.29 is 29.9 Å². The van der Waals surface area contributed by atoms with Gasteiger partial charge < -0.3 is 9.47 Å². The van der Waals surface area contributed by atoms with Gasteiger partial charge in [-0.2, -0.15) is 8.42 Å². The van der Waals surface area contributed by atoms with Crippen LogP contribution < -0.4 is 14.2 Å². The van der Waals surface area contributed by atoms with Crippen molar-refractivity contribution in [1.29, 1.82) is 0 Å². The highest BCUT2D eigenvalue weighted by molar-refractivity contribution is 7.90. The highest BCUT2D eigenvalue weighted by atomic mass is 32.2. The van der Waals surface area contributed by atoms with Gasteiger partial charge in [0.05, 0.1) is 12.8 Å². The summed E-state index contributed by atoms with van der Waals surface area (Å²) in [5.74, 6) is -1.14. The molecule has 0 atom stereocenters. The lowest BCUT2D eigenvalue weighted by Crippen LogP contribution is -2.31. The third-order valence-corrected chi connectivity index (χ3v) is 6.95. The molecule has 0 unspecified atom stereocenters. The normalized spacial score (nSPS) is 11.2. The van der Waals surface area contributed by atoms with Gasteiger partial charge in [-0.3, -0.25) is 4.79 Å². The lowest BCUT2D eigenvalue weighted by molar-refractivity contribution is 0.0978. The summed E-state index contributed by atoms with van der Waals surface area (Å²) in [5.41, 5.74) is 3.70. The minimum Gasteiger partial charge on any atom is -0.494 e. The van der Waals surface area contributed by atoms with Crippen LogP contribution in [0.1, 0.15) is 35.6 Å². The Kier molecular flexibility index (Phi) is 7.45. The Morgan fingerprint density at radius 1 is 0.947 bits per heavy atom. The van der Waals surface area contributed by atoms with Crippen molar-refractivity contribution in [3.8, 4) is 28.6 Å². The van der Waals surface area contributed by atoms with E-state index in [-0.39, 0.29) is 25.1 Å². The molecule has 4 aromatic rings. The molecule has 0 saturated carbocycles. The number of halogens is 1. The maximum atomic E-state index is 14.4. The molecule has 0 aliphatic rings. The summed E-state index contributed by atoms with van der Waals surface area (Å²) in [5, 5.41) is -0.295. The highest BCUT2D eigenvalue weighted by Gasteiger charge is 2.25. The second-order valence-corrected chi connectivity index (χ2v) is 10.4. The number of carbonyl (C=O) groups is 1. The number of rotatable bonds is 7. The molecule has 0 saturated heterocycles. The third-order valence-electron chi connectivity index (χ3n) is 5.72. The van der Waals surface area contributed by atoms with Gasteiger partial charge in [0.15, 0.2) is 16.6 Å². The zero-order valence-electron chi connectivity index (χ0n) is 21.5. The zero-order chi connectivity index (χ0) is 27.6. The number of hydrogen-bond donors (Lipinski definition) is 1. The van der Waals surface area contributed by atoms with Crippen LogP contribution in [0.15, 0.2) is 65.7 Å². The topological polar surface area (TPSA) is 107 Å². The minimum absolute atomic E-state index is 0. The van der Waals surface area contributed by atoms with Crippen LogP contribution >= 0.6 is 0 Å². The second-order valence-electron chi connectivity index (χ2n) is 8.78. The predicted octanol–water partition coefficient (Wildman–Crippen LogP) is 5.93. The predicted molar refractivity (Wildman–Crippen MR) is 145 cm³/mol. The van der Waals surface area contributed by atoms with Gasteiger partial charge in [-0.05, 0) is 81.3 Å². The second kappa shape index (κ2) is 10.6. The van der Waals surface area contributed by atoms with E-state index in [9.17, 15) is 17.6 Å². The fourth-order valence-electron chi connectivity index (χ4n) is 4.00. The lowest BCUT2D eigenvalue weighted by Gasteiger charge is -2.16. The number of aromatic nitrogens is 2. The molecule has 1 N–H and O–H groups in total. The Morgan fingerprint density at radius 3 is 2.29 bits per heavy atom. The van der Waals surface area contributed by atoms with Crippen LogP contribution in [0.4, 0.5) is 4.39 Å². The van der Waals surface area contributed by atoms with Gasteiger partial charge in [0, 0.05) is 14.1 Å². The van der Waals surface area contributed by atoms with E-state index in [1.807, 2.05) is 37.6 Å². The van der Waals surface area contributed by atoms with Gasteiger partial charge in [0.25, 0.3) is 15.9 Å². The molecule has 38 heavy (non-hydrogen) atoms. The number of amides is 1. The van der Waals surface area contributed by atoms with Crippen molar-refractivity contribution in [2.45, 2.75) is 32.7 Å². The van der Waals surface area contributed by atoms with Crippen molar-refractivity contribution in [3.05, 3.63) is 94.4 Å². The SMILES string of the molecule is COc1ccc(-c2ccc(C(=O)NS(=O)(=O)c3cccc(C)n3)c(Oc3c(C)cc(C)cc3C)n2)cc1F.[HH].[HH]. The standard InChI is InChI=1S/C28H26FN3O5S.2H2/c1-16-13-17(2)26(18(3)14-16)37-28-21(27(33)32-38(34,35)25-8-6-7-19(4)30-25)10-11-23(31-28)20-9-12-24(36-5)22(29)15-20;;/h6-15H,1-5H3,(H,32,33);2*1H. The van der Waals surface area contributed by atoms with Crippen molar-refractivity contribution in [2.24, 2.45) is 0 Å². The van der Waals surface area contributed by atoms with Crippen LogP contribution in [0.5, 0.6) is 17.4 Å². The van der Waals surface area contributed by atoms with E-state index < -0.39 is 21.7 Å². The Bertz CT molecular complexity index is 1640. The number of hydrogen-bond acceptors (Lipinski definition) is 7. The Labute approximate surface area is 223 Å². The Morgan fingerprint density at radius 2 is 1.66 bits per heavy atom. The van der Waals surface area contributed by atoms with Crippen molar-refractivity contribution in [2.75, 3.05) is 7.11 Å². The summed E-state index contributed by atoms with van der Waals surface area (Å²) in [7, 11) is -2.91. The summed E-state index contributed by atoms with van der Waals surface area (Å²) in [4.78, 5) is 21.7. The van der Waals surface area contributed by atoms with Crippen LogP contribution in [0.2, 0.25) is 0 Å². The molecule has 0 aliphatic heterocycles. The molecular weight excluding hydrogens is 509 g/mol. The molecule has 10 heteroatoms. The van der Waals surface area contributed by atoms with Crippen LogP contribution in [0, 0.1) is 33.5 Å². The minimum atomic E-state index is -4.27. The van der Waals surface area contributed by atoms with Crippen molar-refractivity contribution in [3.63, 3.8) is 0 Å². The van der Waals surface area contributed by atoms with Crippen molar-refractivity contribution >= 4 is 15.9 Å². The molecular formula is C28H30FN3O5S. The molecule has 4 rings (SSSR count). The molecule has 2 aromatic carbocycles. The maximum absolute atomic E-state index is 14.4. The number of pyridine rings is 2. The Hall–Kier alpha value is -4.31. The van der Waals surface area contributed by atoms with Crippen molar-refractivity contribution in [1.82, 2.24) is 14.7 Å². The van der Waals surface area contributed by atoms with Gasteiger partial charge in [-0.15, -0.1) is 0 Å². The lowest BCUT2D eigenvalue weighted by atomic mass is 10.1. The molecule has 0 bridgehead atoms. The van der Waals surface area contributed by atoms with E-state index in [0.717, 1.165) is 16.7 Å². The number of ether oxygens (including phenoxy) is 2. The van der Waals surface area contributed by atoms with Gasteiger partial charge in [0.1, 0.15) is 11.3 Å². The molecule has 2 heterocycles. The summed E-state index contributed by atoms with van der Waals surface area (Å²) in [6, 6.07) is 15.5. The first-order chi connectivity index (χ1) is 18.0. The first kappa shape index (κ1) is 26.7. The summed E-state index contributed by atoms with van der Waals surface area (Å²) in [6.45, 7) is 7.30. The van der Waals surface area contributed by atoms with Crippen LogP contribution in [-0.2, 0) is 10.0 Å². The summed E-state index contributed by atoms with van der Waals surface area (Å²) < 4.78 is 53.3. The fourth-order valence-corrected chi connectivity index (χ4v) is 4.98. The van der Waals surface area contributed by atoms with Gasteiger partial charge in [-0.1, -0.05) is 23.8 Å². The third kappa shape index (κ3) is 5.65. The van der Waals surface area contributed by atoms with E-state index in [0.29, 0.717) is 22.7 Å². The van der Waals surface area contributed by atoms with Crippen LogP contribution in [0.3, 0.4) is 0 Å². The fraction of sp³-hybridized carbons (Fsp3) is 0.179. The smallest absolute Gasteiger partial charge is 0.281 e. The Balaban J connectivity index is 0.00000280. The molecule has 8 nitrogen and oxygen atoms in total. The maximum Gasteiger partial charge on any atom is 0.281 e. The van der Waals surface area contributed by atoms with E-state index in [2.05, 4.69) is 9.97 Å². The average molecular weight is 540 g/mol. The largest absolute Gasteiger partial charge is 0.494 e. The van der Waals surface area contributed by atoms with Gasteiger partial charge in [-0.25, -0.2) is 19.1 Å². The first-order valence-electron chi connectivity index (χ1n) is 11.6. The number of benzene rings is 2. The van der Waals surface area contributed by atoms with Gasteiger partial charge >= 0.3 is 0 Å². The average Bonchev–Trinajstić information content (AvgIpc) is 2.85. The molecule has 0 fully saturated rings. The quantitative estimate of drug-likeness (QED) is 0.310. The summed E-state index contributed by atoms with van der Waals surface area (Å²) >= 11 is 0. The van der Waals surface area contributed by atoms with E-state index in [4.69, 9.17) is 9.47 Å². The van der Waals surface area contributed by atoms with E-state index in [1.165, 1.54) is 43.5 Å². The number of methoxy groups -OCH3 is 1. The van der Waals surface area contributed by atoms with Crippen LogP contribution in [-0.4, -0.2) is 31.4 Å². The molecule has 200 valence electrons. The van der Waals surface area contributed by atoms with Gasteiger partial charge in [0.2, 0.25) is 5.88 Å².